The largest absolute Gasteiger partial charge is 0.394 e. The number of rotatable bonds is 42. The number of carbonyl (C=O) groups is 1. The molecule has 3 aliphatic heterocycles. The van der Waals surface area contributed by atoms with Crippen LogP contribution in [0.4, 0.5) is 0 Å². The highest BCUT2D eigenvalue weighted by atomic mass is 16.8. The minimum atomic E-state index is -1.99. The summed E-state index contributed by atoms with van der Waals surface area (Å²) in [5, 5.41) is 120. The van der Waals surface area contributed by atoms with Crippen LogP contribution in [0, 0.1) is 0 Å². The Balaban J connectivity index is 1.51. The lowest BCUT2D eigenvalue weighted by atomic mass is 9.96. The van der Waals surface area contributed by atoms with Crippen LogP contribution in [0.15, 0.2) is 109 Å². The van der Waals surface area contributed by atoms with Crippen LogP contribution in [0.25, 0.3) is 0 Å². The zero-order chi connectivity index (χ0) is 59.7. The Morgan fingerprint density at radius 3 is 1.35 bits per heavy atom. The third-order valence-corrected chi connectivity index (χ3v) is 14.3. The number of aliphatic hydroxyl groups excluding tert-OH is 11. The zero-order valence-corrected chi connectivity index (χ0v) is 48.7. The average Bonchev–Trinajstić information content (AvgIpc) is 3.14. The molecule has 0 radical (unpaired) electrons. The lowest BCUT2D eigenvalue weighted by Gasteiger charge is -2.48. The Morgan fingerprint density at radius 1 is 0.451 bits per heavy atom. The molecule has 0 aliphatic carbocycles. The van der Waals surface area contributed by atoms with Gasteiger partial charge in [-0.2, -0.15) is 0 Å². The summed E-state index contributed by atoms with van der Waals surface area (Å²) >= 11 is 0. The van der Waals surface area contributed by atoms with Crippen LogP contribution in [0.2, 0.25) is 0 Å². The summed E-state index contributed by atoms with van der Waals surface area (Å²) in [6.07, 6.45) is 30.7. The first-order chi connectivity index (χ1) is 39.8. The molecule has 0 saturated carbocycles. The van der Waals surface area contributed by atoms with Gasteiger partial charge >= 0.3 is 0 Å². The first-order valence-electron chi connectivity index (χ1n) is 30.1. The van der Waals surface area contributed by atoms with E-state index in [1.807, 2.05) is 6.08 Å². The summed E-state index contributed by atoms with van der Waals surface area (Å²) in [6.45, 7) is 1.50. The predicted octanol–water partition coefficient (Wildman–Crippen LogP) is 5.53. The lowest BCUT2D eigenvalue weighted by molar-refractivity contribution is -0.379. The van der Waals surface area contributed by atoms with E-state index in [0.717, 1.165) is 89.9 Å². The van der Waals surface area contributed by atoms with Crippen molar-refractivity contribution < 1.29 is 89.4 Å². The van der Waals surface area contributed by atoms with Crippen LogP contribution in [-0.4, -0.2) is 193 Å². The third kappa shape index (κ3) is 28.1. The first kappa shape index (κ1) is 72.7. The van der Waals surface area contributed by atoms with Crippen molar-refractivity contribution in [1.82, 2.24) is 5.32 Å². The maximum atomic E-state index is 13.3. The fraction of sp³-hybridized carbons (Fsp3) is 0.698. The van der Waals surface area contributed by atoms with Crippen LogP contribution in [-0.2, 0) is 33.2 Å². The van der Waals surface area contributed by atoms with Crippen molar-refractivity contribution in [3.63, 3.8) is 0 Å². The van der Waals surface area contributed by atoms with Gasteiger partial charge in [0.15, 0.2) is 18.9 Å². The fourth-order valence-electron chi connectivity index (χ4n) is 9.34. The van der Waals surface area contributed by atoms with E-state index < -0.39 is 131 Å². The molecule has 0 aromatic rings. The van der Waals surface area contributed by atoms with Crippen LogP contribution in [0.3, 0.4) is 0 Å². The van der Waals surface area contributed by atoms with Crippen molar-refractivity contribution in [3.8, 4) is 0 Å². The van der Waals surface area contributed by atoms with Gasteiger partial charge in [0.05, 0.1) is 38.6 Å². The van der Waals surface area contributed by atoms with Gasteiger partial charge in [0.1, 0.15) is 73.2 Å². The molecule has 82 heavy (non-hydrogen) atoms. The molecule has 3 fully saturated rings. The Bertz CT molecular complexity index is 1920. The predicted molar refractivity (Wildman–Crippen MR) is 313 cm³/mol. The lowest BCUT2D eigenvalue weighted by Crippen LogP contribution is -2.66. The minimum absolute atomic E-state index is 0.195. The standard InChI is InChI=1S/C63H103NO18/c1-3-5-7-9-11-13-15-17-19-20-21-22-23-24-25-26-27-29-31-33-35-37-39-41-51(69)64-46(47(68)40-38-36-34-32-30-28-18-16-14-12-10-8-6-4-2)45-77-61-57(75)54(72)59(49(43-66)79-61)82-63-58(76)55(73)60(50(44-67)80-63)81-62-56(74)53(71)52(70)48(42-65)78-62/h5,7,11,13-14,16-17,19,21-22,24-25,27,29-30,32,38,40,46-50,52-63,65-68,70-76H,3-4,6,8-10,12,15,18,20,23,26,28,31,33-37,39,41-45H2,1-2H3,(H,64,69)/b7-5-,13-11-,16-14+,19-17-,22-21-,25-24-,29-27-,32-30+,40-38+. The molecule has 3 heterocycles. The van der Waals surface area contributed by atoms with Gasteiger partial charge in [0.25, 0.3) is 0 Å². The van der Waals surface area contributed by atoms with Crippen molar-refractivity contribution in [3.05, 3.63) is 109 Å². The molecule has 0 bridgehead atoms. The molecule has 3 aliphatic rings. The molecule has 12 N–H and O–H groups in total. The maximum Gasteiger partial charge on any atom is 0.220 e. The van der Waals surface area contributed by atoms with Crippen LogP contribution in [0.5, 0.6) is 0 Å². The second kappa shape index (κ2) is 44.9. The molecule has 17 unspecified atom stereocenters. The number of carbonyl (C=O) groups excluding carboxylic acids is 1. The third-order valence-electron chi connectivity index (χ3n) is 14.3. The molecule has 17 atom stereocenters. The average molecular weight is 1160 g/mol. The number of hydrogen-bond acceptors (Lipinski definition) is 18. The quantitative estimate of drug-likeness (QED) is 0.0264. The van der Waals surface area contributed by atoms with Gasteiger partial charge < -0.3 is 89.9 Å². The molecule has 0 aromatic heterocycles. The number of amides is 1. The van der Waals surface area contributed by atoms with E-state index >= 15 is 0 Å². The van der Waals surface area contributed by atoms with Gasteiger partial charge in [0, 0.05) is 6.42 Å². The summed E-state index contributed by atoms with van der Waals surface area (Å²) in [6, 6.07) is -1.02. The summed E-state index contributed by atoms with van der Waals surface area (Å²) in [5.74, 6) is -0.321. The summed E-state index contributed by atoms with van der Waals surface area (Å²) in [4.78, 5) is 13.3. The van der Waals surface area contributed by atoms with Crippen molar-refractivity contribution in [2.24, 2.45) is 0 Å². The van der Waals surface area contributed by atoms with Gasteiger partial charge in [-0.15, -0.1) is 0 Å². The van der Waals surface area contributed by atoms with Gasteiger partial charge in [-0.1, -0.05) is 155 Å². The van der Waals surface area contributed by atoms with E-state index in [1.54, 1.807) is 6.08 Å². The van der Waals surface area contributed by atoms with E-state index in [9.17, 15) is 61.0 Å². The number of hydrogen-bond donors (Lipinski definition) is 12. The van der Waals surface area contributed by atoms with Crippen LogP contribution < -0.4 is 5.32 Å². The highest BCUT2D eigenvalue weighted by Gasteiger charge is 2.53. The van der Waals surface area contributed by atoms with E-state index in [-0.39, 0.29) is 12.3 Å². The molecular formula is C63H103NO18. The van der Waals surface area contributed by atoms with E-state index in [1.165, 1.54) is 25.7 Å². The smallest absolute Gasteiger partial charge is 0.220 e. The van der Waals surface area contributed by atoms with Crippen molar-refractivity contribution in [2.75, 3.05) is 26.4 Å². The molecule has 3 rings (SSSR count). The molecule has 1 amide bonds. The number of unbranched alkanes of at least 4 members (excludes halogenated alkanes) is 10. The van der Waals surface area contributed by atoms with Crippen molar-refractivity contribution >= 4 is 5.91 Å². The van der Waals surface area contributed by atoms with Crippen LogP contribution >= 0.6 is 0 Å². The molecular weight excluding hydrogens is 1060 g/mol. The highest BCUT2D eigenvalue weighted by Crippen LogP contribution is 2.33. The Morgan fingerprint density at radius 2 is 0.854 bits per heavy atom. The van der Waals surface area contributed by atoms with E-state index in [4.69, 9.17) is 28.4 Å². The molecule has 3 saturated heterocycles. The van der Waals surface area contributed by atoms with Gasteiger partial charge in [-0.3, -0.25) is 4.79 Å². The van der Waals surface area contributed by atoms with Crippen molar-refractivity contribution in [1.29, 1.82) is 0 Å². The second-order valence-corrected chi connectivity index (χ2v) is 21.1. The van der Waals surface area contributed by atoms with Crippen LogP contribution in [0.1, 0.15) is 149 Å². The number of ether oxygens (including phenoxy) is 6. The molecule has 19 nitrogen and oxygen atoms in total. The summed E-state index contributed by atoms with van der Waals surface area (Å²) in [5.41, 5.74) is 0. The first-order valence-corrected chi connectivity index (χ1v) is 30.1. The number of nitrogens with one attached hydrogen (secondary N) is 1. The Labute approximate surface area is 487 Å². The highest BCUT2D eigenvalue weighted by molar-refractivity contribution is 5.76. The summed E-state index contributed by atoms with van der Waals surface area (Å²) < 4.78 is 34.2. The van der Waals surface area contributed by atoms with Gasteiger partial charge in [-0.05, 0) is 96.3 Å². The maximum absolute atomic E-state index is 13.3. The van der Waals surface area contributed by atoms with Crippen molar-refractivity contribution in [2.45, 2.75) is 253 Å². The van der Waals surface area contributed by atoms with E-state index in [2.05, 4.69) is 116 Å². The minimum Gasteiger partial charge on any atom is -0.394 e. The monoisotopic (exact) mass is 1160 g/mol. The van der Waals surface area contributed by atoms with Gasteiger partial charge in [-0.25, -0.2) is 0 Å². The summed E-state index contributed by atoms with van der Waals surface area (Å²) in [7, 11) is 0. The van der Waals surface area contributed by atoms with Gasteiger partial charge in [0.2, 0.25) is 5.91 Å². The second-order valence-electron chi connectivity index (χ2n) is 21.1. The molecule has 0 aromatic carbocycles. The normalized spacial score (nSPS) is 30.4. The Kier molecular flexibility index (Phi) is 39.8. The SMILES string of the molecule is CC/C=C\C/C=C\C/C=C\C/C=C\C/C=C\C/C=C\CCCCCCC(=O)NC(COC1OC(CO)C(OC2OC(CO)C(OC3OC(CO)C(O)C(O)C3O)C(O)C2O)C(O)C1O)C(O)/C=C/CC/C=C/CC/C=C/CCCCCC. The molecule has 19 heteroatoms. The zero-order valence-electron chi connectivity index (χ0n) is 48.7. The number of aliphatic hydroxyl groups is 11. The van der Waals surface area contributed by atoms with E-state index in [0.29, 0.717) is 12.8 Å². The topological polar surface area (TPSA) is 307 Å². The fourth-order valence-corrected chi connectivity index (χ4v) is 9.34. The number of allylic oxidation sites excluding steroid dienone is 17. The molecule has 468 valence electrons. The molecule has 0 spiro atoms. The Hall–Kier alpha value is -3.55.